The monoisotopic (exact) mass is 265 g/mol. The number of hydrogen-bond donors (Lipinski definition) is 1. The fourth-order valence-corrected chi connectivity index (χ4v) is 2.08. The zero-order valence-corrected chi connectivity index (χ0v) is 11.2. The van der Waals surface area contributed by atoms with Gasteiger partial charge in [-0.3, -0.25) is 0 Å². The number of rotatable bonds is 4. The van der Waals surface area contributed by atoms with Gasteiger partial charge in [0.15, 0.2) is 0 Å². The maximum absolute atomic E-state index is 11.0. The molecule has 0 aliphatic rings. The highest BCUT2D eigenvalue weighted by Crippen LogP contribution is 2.15. The Kier molecular flexibility index (Phi) is 3.47. The predicted molar refractivity (Wildman–Crippen MR) is 72.5 cm³/mol. The highest BCUT2D eigenvalue weighted by molar-refractivity contribution is 7.90. The van der Waals surface area contributed by atoms with Crippen molar-refractivity contribution in [1.82, 2.24) is 9.97 Å². The first-order chi connectivity index (χ1) is 8.46. The number of nitrogens with zero attached hydrogens (tertiary/aromatic N) is 2. The quantitative estimate of drug-likeness (QED) is 0.904. The lowest BCUT2D eigenvalue weighted by atomic mass is 10.3. The van der Waals surface area contributed by atoms with Crippen molar-refractivity contribution in [3.63, 3.8) is 0 Å². The van der Waals surface area contributed by atoms with Crippen LogP contribution in [0.4, 0.5) is 5.82 Å². The Hall–Kier alpha value is -1.69. The molecule has 0 aliphatic heterocycles. The average Bonchev–Trinajstić information content (AvgIpc) is 2.28. The molecular formula is C12H15N3O2S. The highest BCUT2D eigenvalue weighted by atomic mass is 32.2. The predicted octanol–water partition coefficient (Wildman–Crippen LogP) is 1.39. The molecule has 0 atom stereocenters. The van der Waals surface area contributed by atoms with E-state index in [0.717, 1.165) is 16.7 Å². The molecule has 0 spiro atoms. The zero-order chi connectivity index (χ0) is 13.2. The topological polar surface area (TPSA) is 72.0 Å². The first kappa shape index (κ1) is 12.8. The standard InChI is InChI=1S/C12H15N3O2S/c1-9-12(13-7-8-18(2,16)17)15-11-6-4-3-5-10(11)14-9/h3-6H,7-8H2,1-2H3,(H,13,15). The van der Waals surface area contributed by atoms with E-state index in [2.05, 4.69) is 15.3 Å². The summed E-state index contributed by atoms with van der Waals surface area (Å²) in [5, 5.41) is 3.01. The van der Waals surface area contributed by atoms with Gasteiger partial charge in [0.25, 0.3) is 0 Å². The number of hydrogen-bond acceptors (Lipinski definition) is 5. The summed E-state index contributed by atoms with van der Waals surface area (Å²) < 4.78 is 22.1. The molecule has 0 bridgehead atoms. The molecule has 0 saturated carbocycles. The molecule has 0 saturated heterocycles. The molecule has 2 aromatic rings. The molecule has 6 heteroatoms. The van der Waals surface area contributed by atoms with Gasteiger partial charge in [-0.05, 0) is 19.1 Å². The van der Waals surface area contributed by atoms with Crippen molar-refractivity contribution < 1.29 is 8.42 Å². The van der Waals surface area contributed by atoms with Crippen molar-refractivity contribution in [2.75, 3.05) is 23.9 Å². The summed E-state index contributed by atoms with van der Waals surface area (Å²) >= 11 is 0. The molecule has 2 rings (SSSR count). The van der Waals surface area contributed by atoms with Crippen LogP contribution in [0.15, 0.2) is 24.3 Å². The summed E-state index contributed by atoms with van der Waals surface area (Å²) in [6, 6.07) is 7.58. The second-order valence-corrected chi connectivity index (χ2v) is 6.46. The van der Waals surface area contributed by atoms with E-state index in [-0.39, 0.29) is 5.75 Å². The van der Waals surface area contributed by atoms with Gasteiger partial charge in [0.2, 0.25) is 0 Å². The third kappa shape index (κ3) is 3.16. The Morgan fingerprint density at radius 3 is 2.39 bits per heavy atom. The highest BCUT2D eigenvalue weighted by Gasteiger charge is 2.06. The number of anilines is 1. The van der Waals surface area contributed by atoms with E-state index >= 15 is 0 Å². The Morgan fingerprint density at radius 1 is 1.17 bits per heavy atom. The number of fused-ring (bicyclic) bond motifs is 1. The van der Waals surface area contributed by atoms with Crippen molar-refractivity contribution >= 4 is 26.7 Å². The van der Waals surface area contributed by atoms with E-state index in [4.69, 9.17) is 0 Å². The number of sulfone groups is 1. The smallest absolute Gasteiger partial charge is 0.149 e. The van der Waals surface area contributed by atoms with Gasteiger partial charge in [0.05, 0.1) is 22.5 Å². The second-order valence-electron chi connectivity index (χ2n) is 4.20. The number of nitrogens with one attached hydrogen (secondary N) is 1. The van der Waals surface area contributed by atoms with E-state index in [1.807, 2.05) is 31.2 Å². The third-order valence-corrected chi connectivity index (χ3v) is 3.46. The zero-order valence-electron chi connectivity index (χ0n) is 10.3. The van der Waals surface area contributed by atoms with Gasteiger partial charge in [-0.1, -0.05) is 12.1 Å². The maximum Gasteiger partial charge on any atom is 0.149 e. The van der Waals surface area contributed by atoms with Gasteiger partial charge in [0.1, 0.15) is 15.7 Å². The minimum absolute atomic E-state index is 0.0843. The van der Waals surface area contributed by atoms with Crippen molar-refractivity contribution in [2.24, 2.45) is 0 Å². The van der Waals surface area contributed by atoms with Crippen LogP contribution < -0.4 is 5.32 Å². The first-order valence-electron chi connectivity index (χ1n) is 5.61. The number of aryl methyl sites for hydroxylation is 1. The van der Waals surface area contributed by atoms with Crippen LogP contribution in [0.2, 0.25) is 0 Å². The molecule has 5 nitrogen and oxygen atoms in total. The van der Waals surface area contributed by atoms with Gasteiger partial charge < -0.3 is 5.32 Å². The lowest BCUT2D eigenvalue weighted by Gasteiger charge is -2.08. The normalized spacial score (nSPS) is 11.7. The fraction of sp³-hybridized carbons (Fsp3) is 0.333. The van der Waals surface area contributed by atoms with Crippen LogP contribution in [-0.2, 0) is 9.84 Å². The molecule has 1 heterocycles. The van der Waals surface area contributed by atoms with Crippen LogP contribution in [0.3, 0.4) is 0 Å². The molecule has 1 N–H and O–H groups in total. The molecular weight excluding hydrogens is 250 g/mol. The van der Waals surface area contributed by atoms with Gasteiger partial charge >= 0.3 is 0 Å². The minimum Gasteiger partial charge on any atom is -0.368 e. The number of aromatic nitrogens is 2. The van der Waals surface area contributed by atoms with Crippen molar-refractivity contribution in [2.45, 2.75) is 6.92 Å². The van der Waals surface area contributed by atoms with Crippen molar-refractivity contribution in [3.8, 4) is 0 Å². The summed E-state index contributed by atoms with van der Waals surface area (Å²) in [4.78, 5) is 8.84. The van der Waals surface area contributed by atoms with Crippen LogP contribution in [0, 0.1) is 6.92 Å². The summed E-state index contributed by atoms with van der Waals surface area (Å²) in [6.45, 7) is 2.19. The second kappa shape index (κ2) is 4.89. The van der Waals surface area contributed by atoms with Gasteiger partial charge in [-0.15, -0.1) is 0 Å². The lowest BCUT2D eigenvalue weighted by molar-refractivity contribution is 0.602. The van der Waals surface area contributed by atoms with Crippen molar-refractivity contribution in [3.05, 3.63) is 30.0 Å². The molecule has 0 fully saturated rings. The number of para-hydroxylation sites is 2. The molecule has 0 unspecified atom stereocenters. The van der Waals surface area contributed by atoms with E-state index < -0.39 is 9.84 Å². The molecule has 0 aliphatic carbocycles. The van der Waals surface area contributed by atoms with Gasteiger partial charge in [-0.2, -0.15) is 0 Å². The lowest BCUT2D eigenvalue weighted by Crippen LogP contribution is -2.15. The van der Waals surface area contributed by atoms with E-state index in [1.54, 1.807) is 0 Å². The van der Waals surface area contributed by atoms with Crippen LogP contribution in [-0.4, -0.2) is 36.9 Å². The Morgan fingerprint density at radius 2 is 1.78 bits per heavy atom. The molecule has 96 valence electrons. The summed E-state index contributed by atoms with van der Waals surface area (Å²) in [6.07, 6.45) is 1.22. The van der Waals surface area contributed by atoms with Gasteiger partial charge in [-0.25, -0.2) is 18.4 Å². The SMILES string of the molecule is Cc1nc2ccccc2nc1NCCS(C)(=O)=O. The average molecular weight is 265 g/mol. The summed E-state index contributed by atoms with van der Waals surface area (Å²) in [5.74, 6) is 0.721. The van der Waals surface area contributed by atoms with Crippen LogP contribution >= 0.6 is 0 Å². The van der Waals surface area contributed by atoms with E-state index in [0.29, 0.717) is 12.4 Å². The maximum atomic E-state index is 11.0. The Labute approximate surface area is 106 Å². The first-order valence-corrected chi connectivity index (χ1v) is 7.67. The third-order valence-electron chi connectivity index (χ3n) is 2.51. The fourth-order valence-electron chi connectivity index (χ4n) is 1.61. The van der Waals surface area contributed by atoms with Crippen LogP contribution in [0.25, 0.3) is 11.0 Å². The summed E-state index contributed by atoms with van der Waals surface area (Å²) in [7, 11) is -2.96. The molecule has 0 amide bonds. The Bertz CT molecular complexity index is 668. The molecule has 18 heavy (non-hydrogen) atoms. The van der Waals surface area contributed by atoms with Crippen molar-refractivity contribution in [1.29, 1.82) is 0 Å². The molecule has 1 aromatic carbocycles. The molecule has 0 radical (unpaired) electrons. The van der Waals surface area contributed by atoms with E-state index in [9.17, 15) is 8.42 Å². The van der Waals surface area contributed by atoms with Crippen LogP contribution in [0.5, 0.6) is 0 Å². The summed E-state index contributed by atoms with van der Waals surface area (Å²) in [5.41, 5.74) is 2.40. The largest absolute Gasteiger partial charge is 0.368 e. The van der Waals surface area contributed by atoms with Gasteiger partial charge in [0, 0.05) is 12.8 Å². The minimum atomic E-state index is -2.96. The Balaban J connectivity index is 2.20. The number of benzene rings is 1. The van der Waals surface area contributed by atoms with Crippen LogP contribution in [0.1, 0.15) is 5.69 Å². The molecule has 1 aromatic heterocycles. The van der Waals surface area contributed by atoms with E-state index in [1.165, 1.54) is 6.26 Å².